The van der Waals surface area contributed by atoms with Gasteiger partial charge in [0.15, 0.2) is 0 Å². The molecule has 0 aromatic carbocycles. The summed E-state index contributed by atoms with van der Waals surface area (Å²) in [6.45, 7) is 11.7. The highest BCUT2D eigenvalue weighted by Crippen LogP contribution is 2.57. The van der Waals surface area contributed by atoms with Gasteiger partial charge in [0, 0.05) is 23.7 Å². The van der Waals surface area contributed by atoms with Gasteiger partial charge in [-0.3, -0.25) is 0 Å². The van der Waals surface area contributed by atoms with Crippen LogP contribution in [-0.4, -0.2) is 16.5 Å². The predicted octanol–water partition coefficient (Wildman–Crippen LogP) is 3.04. The normalized spacial score (nSPS) is 21.9. The van der Waals surface area contributed by atoms with E-state index in [9.17, 15) is 0 Å². The molecule has 0 aliphatic heterocycles. The molecule has 1 fully saturated rings. The minimum Gasteiger partial charge on any atom is -0.370 e. The van der Waals surface area contributed by atoms with Crippen LogP contribution in [0.15, 0.2) is 0 Å². The number of rotatable bonds is 3. The molecular weight excluding hydrogens is 198 g/mol. The predicted molar refractivity (Wildman–Crippen MR) is 66.8 cm³/mol. The number of aromatic nitrogens is 2. The molecule has 1 saturated carbocycles. The van der Waals surface area contributed by atoms with Gasteiger partial charge in [0.2, 0.25) is 0 Å². The summed E-state index contributed by atoms with van der Waals surface area (Å²) < 4.78 is 0. The molecule has 1 atom stereocenters. The van der Waals surface area contributed by atoms with Gasteiger partial charge >= 0.3 is 0 Å². The number of anilines is 1. The molecule has 1 aliphatic rings. The topological polar surface area (TPSA) is 37.8 Å². The van der Waals surface area contributed by atoms with E-state index in [0.29, 0.717) is 11.3 Å². The van der Waals surface area contributed by atoms with Gasteiger partial charge < -0.3 is 5.32 Å². The van der Waals surface area contributed by atoms with Crippen molar-refractivity contribution in [1.29, 1.82) is 0 Å². The van der Waals surface area contributed by atoms with E-state index in [2.05, 4.69) is 49.9 Å². The molecule has 1 heterocycles. The Morgan fingerprint density at radius 1 is 1.31 bits per heavy atom. The quantitative estimate of drug-likeness (QED) is 0.849. The summed E-state index contributed by atoms with van der Waals surface area (Å²) in [7, 11) is 0. The molecule has 1 aromatic rings. The number of nitrogens with one attached hydrogen (secondary N) is 1. The van der Waals surface area contributed by atoms with Crippen molar-refractivity contribution in [2.75, 3.05) is 11.9 Å². The molecule has 1 unspecified atom stereocenters. The molecule has 3 nitrogen and oxygen atoms in total. The van der Waals surface area contributed by atoms with Crippen LogP contribution < -0.4 is 5.32 Å². The minimum absolute atomic E-state index is 0.394. The van der Waals surface area contributed by atoms with Crippen molar-refractivity contribution < 1.29 is 0 Å². The van der Waals surface area contributed by atoms with Gasteiger partial charge in [-0.05, 0) is 32.6 Å². The third-order valence-electron chi connectivity index (χ3n) is 3.58. The summed E-state index contributed by atoms with van der Waals surface area (Å²) in [6.07, 6.45) is 1.21. The van der Waals surface area contributed by atoms with Gasteiger partial charge in [0.1, 0.15) is 11.6 Å². The van der Waals surface area contributed by atoms with Crippen molar-refractivity contribution >= 4 is 5.82 Å². The van der Waals surface area contributed by atoms with Crippen molar-refractivity contribution in [2.24, 2.45) is 5.41 Å². The average Bonchev–Trinajstić information content (AvgIpc) is 2.83. The number of hydrogen-bond acceptors (Lipinski definition) is 3. The van der Waals surface area contributed by atoms with E-state index in [0.717, 1.165) is 23.9 Å². The van der Waals surface area contributed by atoms with Crippen LogP contribution in [-0.2, 0) is 0 Å². The van der Waals surface area contributed by atoms with E-state index in [-0.39, 0.29) is 0 Å². The van der Waals surface area contributed by atoms with Crippen LogP contribution in [0.3, 0.4) is 0 Å². The zero-order valence-electron chi connectivity index (χ0n) is 10.9. The summed E-state index contributed by atoms with van der Waals surface area (Å²) in [6, 6.07) is 0. The Morgan fingerprint density at radius 3 is 2.44 bits per heavy atom. The maximum Gasteiger partial charge on any atom is 0.134 e. The van der Waals surface area contributed by atoms with Crippen molar-refractivity contribution in [2.45, 2.75) is 47.0 Å². The van der Waals surface area contributed by atoms with E-state index in [1.165, 1.54) is 12.0 Å². The number of hydrogen-bond donors (Lipinski definition) is 1. The number of nitrogens with zero attached hydrogens (tertiary/aromatic N) is 2. The van der Waals surface area contributed by atoms with Crippen LogP contribution in [0, 0.1) is 19.3 Å². The second kappa shape index (κ2) is 3.72. The second-order valence-corrected chi connectivity index (χ2v) is 5.42. The standard InChI is InChI=1S/C13H21N3/c1-6-14-11-8(2)9(3)15-12(16-11)10-7-13(10,4)5/h10H,6-7H2,1-5H3,(H,14,15,16). The molecule has 16 heavy (non-hydrogen) atoms. The van der Waals surface area contributed by atoms with Crippen molar-refractivity contribution in [3.63, 3.8) is 0 Å². The molecule has 1 N–H and O–H groups in total. The van der Waals surface area contributed by atoms with Crippen molar-refractivity contribution in [3.05, 3.63) is 17.1 Å². The maximum absolute atomic E-state index is 4.66. The van der Waals surface area contributed by atoms with E-state index < -0.39 is 0 Å². The Hall–Kier alpha value is -1.12. The van der Waals surface area contributed by atoms with Crippen molar-refractivity contribution in [1.82, 2.24) is 9.97 Å². The van der Waals surface area contributed by atoms with Gasteiger partial charge in [-0.2, -0.15) is 0 Å². The summed E-state index contributed by atoms with van der Waals surface area (Å²) in [5, 5.41) is 3.32. The minimum atomic E-state index is 0.394. The molecular formula is C13H21N3. The van der Waals surface area contributed by atoms with Crippen LogP contribution in [0.1, 0.15) is 50.2 Å². The lowest BCUT2D eigenvalue weighted by Gasteiger charge is -2.11. The van der Waals surface area contributed by atoms with Crippen molar-refractivity contribution in [3.8, 4) is 0 Å². The summed E-state index contributed by atoms with van der Waals surface area (Å²) in [5.74, 6) is 2.57. The lowest BCUT2D eigenvalue weighted by molar-refractivity contribution is 0.607. The molecule has 0 amide bonds. The Bertz CT molecular complexity index is 410. The zero-order chi connectivity index (χ0) is 11.9. The highest BCUT2D eigenvalue weighted by molar-refractivity contribution is 5.46. The summed E-state index contributed by atoms with van der Waals surface area (Å²) >= 11 is 0. The molecule has 2 rings (SSSR count). The van der Waals surface area contributed by atoms with E-state index in [1.807, 2.05) is 0 Å². The highest BCUT2D eigenvalue weighted by atomic mass is 15.0. The van der Waals surface area contributed by atoms with E-state index in [1.54, 1.807) is 0 Å². The Kier molecular flexibility index (Phi) is 2.64. The third kappa shape index (κ3) is 1.91. The molecule has 0 radical (unpaired) electrons. The van der Waals surface area contributed by atoms with Crippen LogP contribution >= 0.6 is 0 Å². The first-order valence-electron chi connectivity index (χ1n) is 6.04. The van der Waals surface area contributed by atoms with Crippen LogP contribution in [0.25, 0.3) is 0 Å². The first-order valence-corrected chi connectivity index (χ1v) is 6.04. The molecule has 1 aliphatic carbocycles. The highest BCUT2D eigenvalue weighted by Gasteiger charge is 2.48. The fourth-order valence-electron chi connectivity index (χ4n) is 2.05. The van der Waals surface area contributed by atoms with E-state index >= 15 is 0 Å². The third-order valence-corrected chi connectivity index (χ3v) is 3.58. The number of aryl methyl sites for hydroxylation is 1. The zero-order valence-corrected chi connectivity index (χ0v) is 10.9. The van der Waals surface area contributed by atoms with Crippen LogP contribution in [0.5, 0.6) is 0 Å². The van der Waals surface area contributed by atoms with Gasteiger partial charge in [0.25, 0.3) is 0 Å². The second-order valence-electron chi connectivity index (χ2n) is 5.42. The first-order chi connectivity index (χ1) is 7.45. The monoisotopic (exact) mass is 219 g/mol. The Labute approximate surface area is 97.7 Å². The van der Waals surface area contributed by atoms with Crippen LogP contribution in [0.4, 0.5) is 5.82 Å². The summed E-state index contributed by atoms with van der Waals surface area (Å²) in [4.78, 5) is 9.28. The first kappa shape index (κ1) is 11.4. The fourth-order valence-corrected chi connectivity index (χ4v) is 2.05. The smallest absolute Gasteiger partial charge is 0.134 e. The maximum atomic E-state index is 4.66. The Balaban J connectivity index is 2.34. The molecule has 1 aromatic heterocycles. The molecule has 3 heteroatoms. The molecule has 0 bridgehead atoms. The lowest BCUT2D eigenvalue weighted by atomic mass is 10.1. The van der Waals surface area contributed by atoms with Gasteiger partial charge in [0.05, 0.1) is 0 Å². The Morgan fingerprint density at radius 2 is 1.94 bits per heavy atom. The summed E-state index contributed by atoms with van der Waals surface area (Å²) in [5.41, 5.74) is 2.67. The average molecular weight is 219 g/mol. The van der Waals surface area contributed by atoms with Gasteiger partial charge in [-0.25, -0.2) is 9.97 Å². The van der Waals surface area contributed by atoms with Crippen LogP contribution in [0.2, 0.25) is 0 Å². The SMILES string of the molecule is CCNc1nc(C2CC2(C)C)nc(C)c1C. The van der Waals surface area contributed by atoms with Gasteiger partial charge in [-0.15, -0.1) is 0 Å². The largest absolute Gasteiger partial charge is 0.370 e. The molecule has 0 spiro atoms. The molecule has 88 valence electrons. The van der Waals surface area contributed by atoms with Gasteiger partial charge in [-0.1, -0.05) is 13.8 Å². The fraction of sp³-hybridized carbons (Fsp3) is 0.692. The molecule has 0 saturated heterocycles. The van der Waals surface area contributed by atoms with E-state index in [4.69, 9.17) is 0 Å². The lowest BCUT2D eigenvalue weighted by Crippen LogP contribution is -2.08.